The summed E-state index contributed by atoms with van der Waals surface area (Å²) in [4.78, 5) is 11.9. The standard InChI is InChI=1S/C15H28N2O/c1-12(2)15(7-8-15)11-17-14(18)6-5-13-4-3-9-16-10-13/h12-13,16H,3-11H2,1-2H3,(H,17,18). The maximum Gasteiger partial charge on any atom is 0.220 e. The van der Waals surface area contributed by atoms with Gasteiger partial charge in [-0.1, -0.05) is 13.8 Å². The van der Waals surface area contributed by atoms with Crippen LogP contribution in [0.4, 0.5) is 0 Å². The van der Waals surface area contributed by atoms with E-state index < -0.39 is 0 Å². The number of piperidine rings is 1. The lowest BCUT2D eigenvalue weighted by Gasteiger charge is -2.23. The minimum atomic E-state index is 0.257. The number of carbonyl (C=O) groups excluding carboxylic acids is 1. The Morgan fingerprint density at radius 3 is 2.78 bits per heavy atom. The summed E-state index contributed by atoms with van der Waals surface area (Å²) < 4.78 is 0. The summed E-state index contributed by atoms with van der Waals surface area (Å²) in [6, 6.07) is 0. The topological polar surface area (TPSA) is 41.1 Å². The Morgan fingerprint density at radius 1 is 1.44 bits per heavy atom. The van der Waals surface area contributed by atoms with E-state index in [0.29, 0.717) is 23.7 Å². The highest BCUT2D eigenvalue weighted by atomic mass is 16.1. The van der Waals surface area contributed by atoms with Crippen LogP contribution in [0.1, 0.15) is 52.4 Å². The van der Waals surface area contributed by atoms with Crippen molar-refractivity contribution < 1.29 is 4.79 Å². The number of hydrogen-bond acceptors (Lipinski definition) is 2. The molecule has 1 saturated heterocycles. The van der Waals surface area contributed by atoms with Crippen molar-refractivity contribution >= 4 is 5.91 Å². The van der Waals surface area contributed by atoms with E-state index in [9.17, 15) is 4.79 Å². The summed E-state index contributed by atoms with van der Waals surface area (Å²) in [5.41, 5.74) is 0.433. The number of hydrogen-bond donors (Lipinski definition) is 2. The van der Waals surface area contributed by atoms with E-state index in [-0.39, 0.29) is 5.91 Å². The average Bonchev–Trinajstić information content (AvgIpc) is 3.16. The van der Waals surface area contributed by atoms with Crippen molar-refractivity contribution in [3.05, 3.63) is 0 Å². The summed E-state index contributed by atoms with van der Waals surface area (Å²) in [5, 5.41) is 6.56. The number of amides is 1. The van der Waals surface area contributed by atoms with Crippen molar-refractivity contribution in [2.75, 3.05) is 19.6 Å². The molecule has 3 heteroatoms. The van der Waals surface area contributed by atoms with Crippen molar-refractivity contribution in [2.24, 2.45) is 17.3 Å². The molecule has 1 amide bonds. The van der Waals surface area contributed by atoms with Gasteiger partial charge in [-0.2, -0.15) is 0 Å². The molecule has 1 unspecified atom stereocenters. The molecule has 2 rings (SSSR count). The second-order valence-electron chi connectivity index (χ2n) is 6.54. The fourth-order valence-electron chi connectivity index (χ4n) is 2.99. The molecular formula is C15H28N2O. The quantitative estimate of drug-likeness (QED) is 0.761. The smallest absolute Gasteiger partial charge is 0.220 e. The van der Waals surface area contributed by atoms with E-state index in [1.807, 2.05) is 0 Å². The van der Waals surface area contributed by atoms with Crippen LogP contribution in [0.25, 0.3) is 0 Å². The van der Waals surface area contributed by atoms with Gasteiger partial charge in [0, 0.05) is 13.0 Å². The lowest BCUT2D eigenvalue weighted by molar-refractivity contribution is -0.121. The van der Waals surface area contributed by atoms with E-state index in [1.54, 1.807) is 0 Å². The molecule has 1 atom stereocenters. The molecule has 0 aromatic heterocycles. The lowest BCUT2D eigenvalue weighted by Crippen LogP contribution is -2.34. The lowest BCUT2D eigenvalue weighted by atomic mass is 9.92. The predicted molar refractivity (Wildman–Crippen MR) is 74.3 cm³/mol. The van der Waals surface area contributed by atoms with Crippen LogP contribution < -0.4 is 10.6 Å². The highest BCUT2D eigenvalue weighted by Gasteiger charge is 2.45. The largest absolute Gasteiger partial charge is 0.356 e. The third kappa shape index (κ3) is 3.71. The van der Waals surface area contributed by atoms with Gasteiger partial charge in [0.15, 0.2) is 0 Å². The molecule has 104 valence electrons. The van der Waals surface area contributed by atoms with Crippen molar-refractivity contribution in [1.82, 2.24) is 10.6 Å². The van der Waals surface area contributed by atoms with Crippen LogP contribution in [0.3, 0.4) is 0 Å². The Hall–Kier alpha value is -0.570. The Labute approximate surface area is 111 Å². The molecule has 2 fully saturated rings. The Bertz CT molecular complexity index is 278. The summed E-state index contributed by atoms with van der Waals surface area (Å²) >= 11 is 0. The zero-order valence-corrected chi connectivity index (χ0v) is 11.9. The van der Waals surface area contributed by atoms with Crippen LogP contribution in [0.2, 0.25) is 0 Å². The van der Waals surface area contributed by atoms with Gasteiger partial charge in [-0.05, 0) is 62.4 Å². The van der Waals surface area contributed by atoms with Gasteiger partial charge in [0.2, 0.25) is 5.91 Å². The fraction of sp³-hybridized carbons (Fsp3) is 0.933. The van der Waals surface area contributed by atoms with Crippen molar-refractivity contribution in [1.29, 1.82) is 0 Å². The van der Waals surface area contributed by atoms with E-state index in [2.05, 4.69) is 24.5 Å². The third-order valence-electron chi connectivity index (χ3n) is 4.93. The zero-order valence-electron chi connectivity index (χ0n) is 11.9. The molecule has 0 aromatic rings. The molecule has 2 aliphatic rings. The second kappa shape index (κ2) is 6.05. The number of rotatable bonds is 6. The molecule has 1 aliphatic heterocycles. The van der Waals surface area contributed by atoms with Crippen molar-refractivity contribution in [3.63, 3.8) is 0 Å². The maximum atomic E-state index is 11.9. The molecule has 0 radical (unpaired) electrons. The monoisotopic (exact) mass is 252 g/mol. The number of nitrogens with one attached hydrogen (secondary N) is 2. The highest BCUT2D eigenvalue weighted by molar-refractivity contribution is 5.75. The maximum absolute atomic E-state index is 11.9. The number of carbonyl (C=O) groups is 1. The zero-order chi connectivity index (χ0) is 13.0. The van der Waals surface area contributed by atoms with Crippen LogP contribution in [0.5, 0.6) is 0 Å². The van der Waals surface area contributed by atoms with Crippen LogP contribution in [0.15, 0.2) is 0 Å². The normalized spacial score (nSPS) is 26.1. The Balaban J connectivity index is 1.60. The van der Waals surface area contributed by atoms with Gasteiger partial charge in [-0.3, -0.25) is 4.79 Å². The van der Waals surface area contributed by atoms with E-state index >= 15 is 0 Å². The van der Waals surface area contributed by atoms with Gasteiger partial charge >= 0.3 is 0 Å². The Morgan fingerprint density at radius 2 is 2.22 bits per heavy atom. The highest BCUT2D eigenvalue weighted by Crippen LogP contribution is 2.51. The predicted octanol–water partition coefficient (Wildman–Crippen LogP) is 2.32. The molecule has 1 saturated carbocycles. The molecule has 0 spiro atoms. The molecular weight excluding hydrogens is 224 g/mol. The molecule has 1 heterocycles. The SMILES string of the molecule is CC(C)C1(CNC(=O)CCC2CCCNC2)CC1. The minimum absolute atomic E-state index is 0.257. The first-order chi connectivity index (χ1) is 8.62. The van der Waals surface area contributed by atoms with Gasteiger partial charge in [-0.15, -0.1) is 0 Å². The summed E-state index contributed by atoms with van der Waals surface area (Å²) in [5.74, 6) is 1.66. The first-order valence-corrected chi connectivity index (χ1v) is 7.60. The molecule has 1 aliphatic carbocycles. The molecule has 18 heavy (non-hydrogen) atoms. The van der Waals surface area contributed by atoms with Crippen molar-refractivity contribution in [2.45, 2.75) is 52.4 Å². The second-order valence-corrected chi connectivity index (χ2v) is 6.54. The van der Waals surface area contributed by atoms with Gasteiger partial charge in [0.05, 0.1) is 0 Å². The minimum Gasteiger partial charge on any atom is -0.356 e. The first-order valence-electron chi connectivity index (χ1n) is 7.60. The summed E-state index contributed by atoms with van der Waals surface area (Å²) in [6.45, 7) is 7.69. The van der Waals surface area contributed by atoms with Crippen LogP contribution in [-0.4, -0.2) is 25.5 Å². The fourth-order valence-corrected chi connectivity index (χ4v) is 2.99. The van der Waals surface area contributed by atoms with Crippen LogP contribution >= 0.6 is 0 Å². The molecule has 0 bridgehead atoms. The Kier molecular flexibility index (Phi) is 4.66. The molecule has 3 nitrogen and oxygen atoms in total. The summed E-state index contributed by atoms with van der Waals surface area (Å²) in [7, 11) is 0. The molecule has 0 aromatic carbocycles. The van der Waals surface area contributed by atoms with Gasteiger partial charge < -0.3 is 10.6 Å². The van der Waals surface area contributed by atoms with Gasteiger partial charge in [-0.25, -0.2) is 0 Å². The average molecular weight is 252 g/mol. The van der Waals surface area contributed by atoms with E-state index in [1.165, 1.54) is 25.7 Å². The van der Waals surface area contributed by atoms with Crippen molar-refractivity contribution in [3.8, 4) is 0 Å². The third-order valence-corrected chi connectivity index (χ3v) is 4.93. The molecule has 2 N–H and O–H groups in total. The van der Waals surface area contributed by atoms with Gasteiger partial charge in [0.25, 0.3) is 0 Å². The van der Waals surface area contributed by atoms with Gasteiger partial charge in [0.1, 0.15) is 0 Å². The van der Waals surface area contributed by atoms with Crippen LogP contribution in [-0.2, 0) is 4.79 Å². The van der Waals surface area contributed by atoms with E-state index in [4.69, 9.17) is 0 Å². The summed E-state index contributed by atoms with van der Waals surface area (Å²) in [6.07, 6.45) is 6.89. The first kappa shape index (κ1) is 13.9. The van der Waals surface area contributed by atoms with E-state index in [0.717, 1.165) is 26.1 Å². The van der Waals surface area contributed by atoms with Crippen LogP contribution in [0, 0.1) is 17.3 Å².